The molecule has 0 aliphatic rings. The van der Waals surface area contributed by atoms with E-state index in [1.165, 1.54) is 0 Å². The van der Waals surface area contributed by atoms with Crippen LogP contribution in [0.1, 0.15) is 15.9 Å². The maximum Gasteiger partial charge on any atom is 0.257 e. The average molecular weight is 406 g/mol. The zero-order valence-corrected chi connectivity index (χ0v) is 13.7. The lowest BCUT2D eigenvalue weighted by atomic mass is 10.1. The predicted octanol–water partition coefficient (Wildman–Crippen LogP) is 5.16. The molecule has 1 amide bonds. The molecule has 0 radical (unpaired) electrons. The number of anilines is 1. The summed E-state index contributed by atoms with van der Waals surface area (Å²) in [5.41, 5.74) is 2.16. The van der Waals surface area contributed by atoms with Gasteiger partial charge in [0, 0.05) is 14.3 Å². The van der Waals surface area contributed by atoms with Crippen LogP contribution in [0.15, 0.2) is 36.4 Å². The van der Waals surface area contributed by atoms with Gasteiger partial charge in [-0.1, -0.05) is 29.3 Å². The van der Waals surface area contributed by atoms with E-state index in [1.807, 2.05) is 25.1 Å². The number of carbonyl (C=O) groups excluding carboxylic acids is 1. The van der Waals surface area contributed by atoms with Crippen LogP contribution in [-0.2, 0) is 0 Å². The largest absolute Gasteiger partial charge is 0.322 e. The highest BCUT2D eigenvalue weighted by atomic mass is 127. The van der Waals surface area contributed by atoms with E-state index in [9.17, 15) is 4.79 Å². The predicted molar refractivity (Wildman–Crippen MR) is 88.3 cm³/mol. The standard InChI is InChI=1S/C14H10Cl2INO/c1-8-12(17)3-2-4-13(8)18-14(19)10-7-9(15)5-6-11(10)16/h2-7H,1H3,(H,18,19). The number of amides is 1. The molecule has 2 rings (SSSR count). The van der Waals surface area contributed by atoms with Gasteiger partial charge in [-0.3, -0.25) is 4.79 Å². The molecule has 0 spiro atoms. The molecule has 0 unspecified atom stereocenters. The summed E-state index contributed by atoms with van der Waals surface area (Å²) in [6.07, 6.45) is 0. The van der Waals surface area contributed by atoms with Crippen LogP contribution < -0.4 is 5.32 Å². The summed E-state index contributed by atoms with van der Waals surface area (Å²) in [7, 11) is 0. The van der Waals surface area contributed by atoms with Gasteiger partial charge in [0.2, 0.25) is 0 Å². The van der Waals surface area contributed by atoms with Crippen molar-refractivity contribution in [3.05, 3.63) is 61.1 Å². The molecular weight excluding hydrogens is 396 g/mol. The molecule has 19 heavy (non-hydrogen) atoms. The molecule has 0 bridgehead atoms. The van der Waals surface area contributed by atoms with Gasteiger partial charge in [0.15, 0.2) is 0 Å². The lowest BCUT2D eigenvalue weighted by Crippen LogP contribution is -2.13. The van der Waals surface area contributed by atoms with E-state index in [2.05, 4.69) is 27.9 Å². The van der Waals surface area contributed by atoms with Gasteiger partial charge >= 0.3 is 0 Å². The Labute approximate surface area is 135 Å². The van der Waals surface area contributed by atoms with E-state index < -0.39 is 0 Å². The molecule has 0 saturated carbocycles. The fourth-order valence-electron chi connectivity index (χ4n) is 1.60. The number of rotatable bonds is 2. The summed E-state index contributed by atoms with van der Waals surface area (Å²) in [5, 5.41) is 3.71. The molecule has 2 aromatic rings. The molecule has 98 valence electrons. The van der Waals surface area contributed by atoms with Gasteiger partial charge in [0.25, 0.3) is 5.91 Å². The van der Waals surface area contributed by atoms with Crippen molar-refractivity contribution in [2.24, 2.45) is 0 Å². The minimum atomic E-state index is -0.266. The molecular formula is C14H10Cl2INO. The fourth-order valence-corrected chi connectivity index (χ4v) is 2.48. The quantitative estimate of drug-likeness (QED) is 0.687. The Bertz CT molecular complexity index is 643. The fraction of sp³-hybridized carbons (Fsp3) is 0.0714. The Morgan fingerprint density at radius 2 is 1.95 bits per heavy atom. The number of carbonyl (C=O) groups is 1. The first-order valence-corrected chi connectivity index (χ1v) is 7.34. The average Bonchev–Trinajstić information content (AvgIpc) is 2.38. The normalized spacial score (nSPS) is 10.3. The van der Waals surface area contributed by atoms with Gasteiger partial charge in [0.05, 0.1) is 10.6 Å². The molecule has 0 aliphatic heterocycles. The van der Waals surface area contributed by atoms with Crippen molar-refractivity contribution < 1.29 is 4.79 Å². The van der Waals surface area contributed by atoms with E-state index in [-0.39, 0.29) is 5.91 Å². The first-order valence-electron chi connectivity index (χ1n) is 5.50. The first kappa shape index (κ1) is 14.6. The zero-order valence-electron chi connectivity index (χ0n) is 10.0. The van der Waals surface area contributed by atoms with Gasteiger partial charge in [-0.2, -0.15) is 0 Å². The molecule has 0 heterocycles. The second-order valence-corrected chi connectivity index (χ2v) is 6.00. The van der Waals surface area contributed by atoms with E-state index in [0.717, 1.165) is 14.8 Å². The first-order chi connectivity index (χ1) is 8.99. The lowest BCUT2D eigenvalue weighted by Gasteiger charge is -2.10. The van der Waals surface area contributed by atoms with Crippen molar-refractivity contribution in [1.29, 1.82) is 0 Å². The molecule has 5 heteroatoms. The Morgan fingerprint density at radius 3 is 2.68 bits per heavy atom. The SMILES string of the molecule is Cc1c(I)cccc1NC(=O)c1cc(Cl)ccc1Cl. The van der Waals surface area contributed by atoms with Crippen molar-refractivity contribution in [2.45, 2.75) is 6.92 Å². The zero-order chi connectivity index (χ0) is 14.0. The Morgan fingerprint density at radius 1 is 1.21 bits per heavy atom. The lowest BCUT2D eigenvalue weighted by molar-refractivity contribution is 0.102. The van der Waals surface area contributed by atoms with Crippen LogP contribution in [0.3, 0.4) is 0 Å². The third kappa shape index (κ3) is 3.41. The molecule has 0 fully saturated rings. The van der Waals surface area contributed by atoms with E-state index in [4.69, 9.17) is 23.2 Å². The molecule has 1 N–H and O–H groups in total. The van der Waals surface area contributed by atoms with Crippen LogP contribution in [0.5, 0.6) is 0 Å². The molecule has 0 aliphatic carbocycles. The van der Waals surface area contributed by atoms with Crippen molar-refractivity contribution in [2.75, 3.05) is 5.32 Å². The van der Waals surface area contributed by atoms with Crippen molar-refractivity contribution >= 4 is 57.4 Å². The molecule has 0 atom stereocenters. The summed E-state index contributed by atoms with van der Waals surface area (Å²) in [6, 6.07) is 10.6. The third-order valence-corrected chi connectivity index (χ3v) is 4.42. The summed E-state index contributed by atoms with van der Waals surface area (Å²) >= 11 is 14.1. The van der Waals surface area contributed by atoms with Gasteiger partial charge in [-0.15, -0.1) is 0 Å². The number of hydrogen-bond donors (Lipinski definition) is 1. The highest BCUT2D eigenvalue weighted by molar-refractivity contribution is 14.1. The molecule has 0 saturated heterocycles. The second kappa shape index (κ2) is 6.11. The van der Waals surface area contributed by atoms with Gasteiger partial charge in [0.1, 0.15) is 0 Å². The smallest absolute Gasteiger partial charge is 0.257 e. The molecule has 0 aromatic heterocycles. The van der Waals surface area contributed by atoms with Crippen LogP contribution in [0.2, 0.25) is 10.0 Å². The van der Waals surface area contributed by atoms with E-state index in [1.54, 1.807) is 18.2 Å². The third-order valence-electron chi connectivity index (χ3n) is 2.69. The number of halogens is 3. The number of nitrogens with one attached hydrogen (secondary N) is 1. The minimum Gasteiger partial charge on any atom is -0.322 e. The number of benzene rings is 2. The second-order valence-electron chi connectivity index (χ2n) is 3.99. The maximum absolute atomic E-state index is 12.2. The Kier molecular flexibility index (Phi) is 4.71. The van der Waals surface area contributed by atoms with Gasteiger partial charge < -0.3 is 5.32 Å². The highest BCUT2D eigenvalue weighted by Crippen LogP contribution is 2.24. The van der Waals surface area contributed by atoms with E-state index in [0.29, 0.717) is 15.6 Å². The number of hydrogen-bond acceptors (Lipinski definition) is 1. The van der Waals surface area contributed by atoms with Crippen molar-refractivity contribution in [3.8, 4) is 0 Å². The highest BCUT2D eigenvalue weighted by Gasteiger charge is 2.12. The van der Waals surface area contributed by atoms with Gasteiger partial charge in [-0.05, 0) is 65.4 Å². The van der Waals surface area contributed by atoms with Crippen molar-refractivity contribution in [3.63, 3.8) is 0 Å². The topological polar surface area (TPSA) is 29.1 Å². The van der Waals surface area contributed by atoms with E-state index >= 15 is 0 Å². The summed E-state index contributed by atoms with van der Waals surface area (Å²) < 4.78 is 1.09. The van der Waals surface area contributed by atoms with Gasteiger partial charge in [-0.25, -0.2) is 0 Å². The monoisotopic (exact) mass is 405 g/mol. The summed E-state index contributed by atoms with van der Waals surface area (Å²) in [6.45, 7) is 1.96. The van der Waals surface area contributed by atoms with Crippen LogP contribution in [0.4, 0.5) is 5.69 Å². The summed E-state index contributed by atoms with van der Waals surface area (Å²) in [4.78, 5) is 12.2. The summed E-state index contributed by atoms with van der Waals surface area (Å²) in [5.74, 6) is -0.266. The Hall–Kier alpha value is -0.780. The minimum absolute atomic E-state index is 0.266. The van der Waals surface area contributed by atoms with Crippen molar-refractivity contribution in [1.82, 2.24) is 0 Å². The molecule has 2 aromatic carbocycles. The maximum atomic E-state index is 12.2. The Balaban J connectivity index is 2.31. The van der Waals surface area contributed by atoms with Crippen LogP contribution in [0.25, 0.3) is 0 Å². The van der Waals surface area contributed by atoms with Crippen LogP contribution in [0, 0.1) is 10.5 Å². The van der Waals surface area contributed by atoms with Crippen LogP contribution >= 0.6 is 45.8 Å². The van der Waals surface area contributed by atoms with Crippen LogP contribution in [-0.4, -0.2) is 5.91 Å². The molecule has 2 nitrogen and oxygen atoms in total.